The Morgan fingerprint density at radius 3 is 2.50 bits per heavy atom. The minimum absolute atomic E-state index is 0.115. The Morgan fingerprint density at radius 1 is 1.40 bits per heavy atom. The average Bonchev–Trinajstić information content (AvgIpc) is 2.31. The molecule has 1 rings (SSSR count). The predicted octanol–water partition coefficient (Wildman–Crippen LogP) is 2.13. The lowest BCUT2D eigenvalue weighted by Gasteiger charge is -2.18. The number of amides is 1. The van der Waals surface area contributed by atoms with E-state index in [0.717, 1.165) is 5.56 Å². The van der Waals surface area contributed by atoms with Crippen molar-refractivity contribution in [1.29, 1.82) is 0 Å². The van der Waals surface area contributed by atoms with Crippen LogP contribution in [0.1, 0.15) is 25.0 Å². The number of halogens is 1. The number of rotatable bonds is 5. The second kappa shape index (κ2) is 6.45. The molecule has 0 heterocycles. The summed E-state index contributed by atoms with van der Waals surface area (Å²) in [5.74, 6) is -0.199. The van der Waals surface area contributed by atoms with Gasteiger partial charge in [0.25, 0.3) is 15.0 Å². The summed E-state index contributed by atoms with van der Waals surface area (Å²) in [5, 5.41) is 2.61. The zero-order valence-corrected chi connectivity index (χ0v) is 13.4. The fourth-order valence-electron chi connectivity index (χ4n) is 1.80. The highest BCUT2D eigenvalue weighted by Crippen LogP contribution is 2.32. The highest BCUT2D eigenvalue weighted by molar-refractivity contribution is 8.13. The molecule has 0 aliphatic rings. The van der Waals surface area contributed by atoms with Crippen LogP contribution >= 0.6 is 10.7 Å². The maximum atomic E-state index is 11.7. The van der Waals surface area contributed by atoms with Gasteiger partial charge in [0.2, 0.25) is 0 Å². The van der Waals surface area contributed by atoms with E-state index < -0.39 is 15.2 Å². The number of carbonyl (C=O) groups is 1. The zero-order chi connectivity index (χ0) is 15.5. The van der Waals surface area contributed by atoms with Gasteiger partial charge < -0.3 is 10.1 Å². The number of likely N-dealkylation sites (N-methyl/N-ethyl adjacent to an activating group) is 1. The monoisotopic (exact) mass is 319 g/mol. The van der Waals surface area contributed by atoms with Crippen LogP contribution in [0.15, 0.2) is 17.0 Å². The molecule has 5 nitrogen and oxygen atoms in total. The van der Waals surface area contributed by atoms with Gasteiger partial charge in [-0.15, -0.1) is 0 Å². The van der Waals surface area contributed by atoms with Crippen molar-refractivity contribution in [2.75, 3.05) is 6.54 Å². The first-order valence-electron chi connectivity index (χ1n) is 6.17. The third kappa shape index (κ3) is 4.11. The zero-order valence-electron chi connectivity index (χ0n) is 11.9. The van der Waals surface area contributed by atoms with Gasteiger partial charge in [-0.2, -0.15) is 0 Å². The minimum atomic E-state index is -3.95. The van der Waals surface area contributed by atoms with Gasteiger partial charge in [0.1, 0.15) is 10.6 Å². The summed E-state index contributed by atoms with van der Waals surface area (Å²) in [6, 6.07) is 3.19. The number of carbonyl (C=O) groups excluding carboxylic acids is 1. The van der Waals surface area contributed by atoms with Crippen LogP contribution in [0.2, 0.25) is 0 Å². The highest BCUT2D eigenvalue weighted by Gasteiger charge is 2.23. The van der Waals surface area contributed by atoms with E-state index in [2.05, 4.69) is 5.32 Å². The van der Waals surface area contributed by atoms with Gasteiger partial charge in [0, 0.05) is 17.2 Å². The van der Waals surface area contributed by atoms with E-state index in [1.807, 2.05) is 0 Å². The number of hydrogen-bond donors (Lipinski definition) is 1. The number of benzene rings is 1. The van der Waals surface area contributed by atoms with Gasteiger partial charge in [0.05, 0.1) is 0 Å². The minimum Gasteiger partial charge on any atom is -0.479 e. The van der Waals surface area contributed by atoms with Crippen LogP contribution < -0.4 is 10.1 Å². The summed E-state index contributed by atoms with van der Waals surface area (Å²) in [6.45, 7) is 7.28. The van der Waals surface area contributed by atoms with Crippen molar-refractivity contribution < 1.29 is 17.9 Å². The molecular formula is C13H18ClNO4S. The largest absolute Gasteiger partial charge is 0.479 e. The topological polar surface area (TPSA) is 72.5 Å². The summed E-state index contributed by atoms with van der Waals surface area (Å²) in [7, 11) is 1.48. The van der Waals surface area contributed by atoms with Gasteiger partial charge in [-0.3, -0.25) is 4.79 Å². The van der Waals surface area contributed by atoms with Gasteiger partial charge in [0.15, 0.2) is 6.10 Å². The molecule has 1 unspecified atom stereocenters. The molecule has 0 fully saturated rings. The smallest absolute Gasteiger partial charge is 0.265 e. The van der Waals surface area contributed by atoms with Crippen molar-refractivity contribution in [2.45, 2.75) is 38.7 Å². The highest BCUT2D eigenvalue weighted by atomic mass is 35.7. The molecule has 0 saturated carbocycles. The standard InChI is InChI=1S/C13H18ClNO4S/c1-5-15-13(16)10(4)19-12-9(3)6-8(2)7-11(12)20(14,17)18/h6-7,10H,5H2,1-4H3,(H,15,16). The lowest BCUT2D eigenvalue weighted by molar-refractivity contribution is -0.127. The van der Waals surface area contributed by atoms with E-state index in [4.69, 9.17) is 15.4 Å². The average molecular weight is 320 g/mol. The molecule has 0 aromatic heterocycles. The molecule has 0 saturated heterocycles. The van der Waals surface area contributed by atoms with Crippen LogP contribution in [0.5, 0.6) is 5.75 Å². The molecule has 112 valence electrons. The van der Waals surface area contributed by atoms with E-state index in [-0.39, 0.29) is 16.6 Å². The molecule has 0 aliphatic heterocycles. The predicted molar refractivity (Wildman–Crippen MR) is 77.7 cm³/mol. The first-order chi connectivity index (χ1) is 9.16. The molecule has 1 aromatic rings. The molecule has 20 heavy (non-hydrogen) atoms. The SMILES string of the molecule is CCNC(=O)C(C)Oc1c(C)cc(C)cc1S(=O)(=O)Cl. The summed E-state index contributed by atoms with van der Waals surface area (Å²) in [5.41, 5.74) is 1.36. The molecule has 0 bridgehead atoms. The van der Waals surface area contributed by atoms with Crippen molar-refractivity contribution in [3.05, 3.63) is 23.3 Å². The van der Waals surface area contributed by atoms with Crippen LogP contribution in [-0.4, -0.2) is 27.0 Å². The van der Waals surface area contributed by atoms with Crippen LogP contribution in [0.4, 0.5) is 0 Å². The summed E-state index contributed by atoms with van der Waals surface area (Å²) < 4.78 is 28.7. The fraction of sp³-hybridized carbons (Fsp3) is 0.462. The van der Waals surface area contributed by atoms with E-state index in [1.54, 1.807) is 33.8 Å². The Hall–Kier alpha value is -1.27. The molecular weight excluding hydrogens is 302 g/mol. The fourth-order valence-corrected chi connectivity index (χ4v) is 2.90. The van der Waals surface area contributed by atoms with Crippen molar-refractivity contribution in [3.63, 3.8) is 0 Å². The Morgan fingerprint density at radius 2 is 2.00 bits per heavy atom. The third-order valence-electron chi connectivity index (χ3n) is 2.66. The van der Waals surface area contributed by atoms with Crippen molar-refractivity contribution in [2.24, 2.45) is 0 Å². The van der Waals surface area contributed by atoms with E-state index >= 15 is 0 Å². The number of aryl methyl sites for hydroxylation is 2. The van der Waals surface area contributed by atoms with Gasteiger partial charge in [-0.1, -0.05) is 6.07 Å². The molecule has 1 amide bonds. The molecule has 7 heteroatoms. The van der Waals surface area contributed by atoms with Crippen molar-refractivity contribution in [1.82, 2.24) is 5.32 Å². The number of ether oxygens (including phenoxy) is 1. The first kappa shape index (κ1) is 16.8. The number of nitrogens with one attached hydrogen (secondary N) is 1. The summed E-state index contributed by atoms with van der Waals surface area (Å²) >= 11 is 0. The van der Waals surface area contributed by atoms with Gasteiger partial charge >= 0.3 is 0 Å². The Bertz CT molecular complexity index is 613. The molecule has 1 aromatic carbocycles. The second-order valence-electron chi connectivity index (χ2n) is 4.50. The van der Waals surface area contributed by atoms with Crippen LogP contribution in [0, 0.1) is 13.8 Å². The van der Waals surface area contributed by atoms with Crippen molar-refractivity contribution >= 4 is 25.6 Å². The first-order valence-corrected chi connectivity index (χ1v) is 8.48. The molecule has 1 atom stereocenters. The van der Waals surface area contributed by atoms with Crippen molar-refractivity contribution in [3.8, 4) is 5.75 Å². The number of hydrogen-bond acceptors (Lipinski definition) is 4. The molecule has 1 N–H and O–H groups in total. The van der Waals surface area contributed by atoms with Crippen LogP contribution in [-0.2, 0) is 13.8 Å². The van der Waals surface area contributed by atoms with Crippen LogP contribution in [0.3, 0.4) is 0 Å². The molecule has 0 radical (unpaired) electrons. The Balaban J connectivity index is 3.21. The van der Waals surface area contributed by atoms with Gasteiger partial charge in [-0.25, -0.2) is 8.42 Å². The molecule has 0 spiro atoms. The maximum Gasteiger partial charge on any atom is 0.265 e. The van der Waals surface area contributed by atoms with E-state index in [0.29, 0.717) is 12.1 Å². The Labute approximate surface area is 123 Å². The Kier molecular flexibility index (Phi) is 5.42. The molecule has 0 aliphatic carbocycles. The third-order valence-corrected chi connectivity index (χ3v) is 3.99. The van der Waals surface area contributed by atoms with Crippen LogP contribution in [0.25, 0.3) is 0 Å². The van der Waals surface area contributed by atoms with Gasteiger partial charge in [-0.05, 0) is 44.9 Å². The normalized spacial score (nSPS) is 12.8. The lowest BCUT2D eigenvalue weighted by atomic mass is 10.1. The van der Waals surface area contributed by atoms with E-state index in [1.165, 1.54) is 6.07 Å². The van der Waals surface area contributed by atoms with E-state index in [9.17, 15) is 13.2 Å². The summed E-state index contributed by atoms with van der Waals surface area (Å²) in [6.07, 6.45) is -0.812. The second-order valence-corrected chi connectivity index (χ2v) is 7.04. The summed E-state index contributed by atoms with van der Waals surface area (Å²) in [4.78, 5) is 11.6. The maximum absolute atomic E-state index is 11.7. The quantitative estimate of drug-likeness (QED) is 0.844. The lowest BCUT2D eigenvalue weighted by Crippen LogP contribution is -2.36.